The summed E-state index contributed by atoms with van der Waals surface area (Å²) in [6, 6.07) is 31.9. The van der Waals surface area contributed by atoms with Gasteiger partial charge in [-0.2, -0.15) is 0 Å². The summed E-state index contributed by atoms with van der Waals surface area (Å²) in [5.74, 6) is 0.645. The van der Waals surface area contributed by atoms with Gasteiger partial charge >= 0.3 is 0 Å². The molecule has 0 atom stereocenters. The van der Waals surface area contributed by atoms with Crippen LogP contribution in [0.5, 0.6) is 0 Å². The van der Waals surface area contributed by atoms with Crippen molar-refractivity contribution in [1.29, 1.82) is 0 Å². The number of nitrogens with zero attached hydrogens (tertiary/aromatic N) is 2. The average Bonchev–Trinajstić information content (AvgIpc) is 3.29. The minimum atomic E-state index is -0.0748. The van der Waals surface area contributed by atoms with Gasteiger partial charge in [0.05, 0.1) is 0 Å². The molecule has 0 saturated heterocycles. The van der Waals surface area contributed by atoms with Crippen LogP contribution in [-0.4, -0.2) is 5.54 Å². The number of hydrogen-bond donors (Lipinski definition) is 0. The molecule has 2 heteroatoms. The van der Waals surface area contributed by atoms with Gasteiger partial charge in [-0.1, -0.05) is 131 Å². The van der Waals surface area contributed by atoms with E-state index in [1.54, 1.807) is 5.56 Å². The molecule has 0 amide bonds. The molecule has 1 heterocycles. The minimum absolute atomic E-state index is 0.0207. The third kappa shape index (κ3) is 7.05. The molecule has 0 radical (unpaired) electrons. The quantitative estimate of drug-likeness (QED) is 0.202. The molecule has 0 unspecified atom stereocenters. The van der Waals surface area contributed by atoms with Gasteiger partial charge in [0.25, 0.3) is 0 Å². The van der Waals surface area contributed by atoms with Gasteiger partial charge in [0.15, 0.2) is 0 Å². The predicted molar refractivity (Wildman–Crippen MR) is 235 cm³/mol. The SMILES string of the molecule is Cc1cc(N(c2cccc(C3CCCCC3)c2)c2cc(C(C)(C)C)cc(C(C)(C)C)c2)cc(N2c3ccc(C(C)(C)C)cc3C3(CCCCC3)C2(C)C)c1. The highest BCUT2D eigenvalue weighted by Crippen LogP contribution is 2.61. The van der Waals surface area contributed by atoms with Crippen LogP contribution in [0.15, 0.2) is 78.9 Å². The number of anilines is 5. The zero-order valence-electron chi connectivity index (χ0n) is 36.0. The second-order valence-corrected chi connectivity index (χ2v) is 21.1. The van der Waals surface area contributed by atoms with Gasteiger partial charge in [0.2, 0.25) is 0 Å². The van der Waals surface area contributed by atoms with Crippen molar-refractivity contribution in [3.05, 3.63) is 112 Å². The molecule has 0 N–H and O–H groups in total. The fraction of sp³-hybridized carbons (Fsp3) is 0.538. The van der Waals surface area contributed by atoms with E-state index in [-0.39, 0.29) is 27.2 Å². The van der Waals surface area contributed by atoms with Crippen molar-refractivity contribution in [3.63, 3.8) is 0 Å². The third-order valence-corrected chi connectivity index (χ3v) is 13.7. The normalized spacial score (nSPS) is 18.9. The van der Waals surface area contributed by atoms with E-state index in [1.165, 1.54) is 120 Å². The lowest BCUT2D eigenvalue weighted by Crippen LogP contribution is -2.53. The number of hydrogen-bond acceptors (Lipinski definition) is 2. The van der Waals surface area contributed by atoms with Crippen LogP contribution in [0.4, 0.5) is 28.4 Å². The van der Waals surface area contributed by atoms with Crippen molar-refractivity contribution in [2.45, 2.75) is 180 Å². The number of fused-ring (bicyclic) bond motifs is 2. The molecule has 2 saturated carbocycles. The van der Waals surface area contributed by atoms with Crippen LogP contribution in [0.1, 0.15) is 180 Å². The molecule has 1 aliphatic heterocycles. The molecular formula is C52H70N2. The Hall–Kier alpha value is -3.52. The van der Waals surface area contributed by atoms with Crippen molar-refractivity contribution in [2.75, 3.05) is 9.80 Å². The molecule has 4 aromatic carbocycles. The van der Waals surface area contributed by atoms with Crippen molar-refractivity contribution in [2.24, 2.45) is 0 Å². The predicted octanol–water partition coefficient (Wildman–Crippen LogP) is 15.5. The van der Waals surface area contributed by atoms with Crippen molar-refractivity contribution < 1.29 is 0 Å². The molecule has 1 spiro atoms. The summed E-state index contributed by atoms with van der Waals surface area (Å²) in [6.07, 6.45) is 13.1. The maximum absolute atomic E-state index is 2.75. The van der Waals surface area contributed by atoms with E-state index < -0.39 is 0 Å². The molecule has 4 aromatic rings. The Kier molecular flexibility index (Phi) is 9.97. The highest BCUT2D eigenvalue weighted by Gasteiger charge is 2.57. The van der Waals surface area contributed by atoms with Crippen molar-refractivity contribution in [1.82, 2.24) is 0 Å². The van der Waals surface area contributed by atoms with Crippen molar-refractivity contribution >= 4 is 28.4 Å². The molecule has 0 bridgehead atoms. The molecule has 2 aliphatic carbocycles. The third-order valence-electron chi connectivity index (χ3n) is 13.7. The number of aryl methyl sites for hydroxylation is 1. The van der Waals surface area contributed by atoms with E-state index in [1.807, 2.05) is 0 Å². The first-order valence-corrected chi connectivity index (χ1v) is 21.4. The highest BCUT2D eigenvalue weighted by atomic mass is 15.3. The number of benzene rings is 4. The molecule has 2 nitrogen and oxygen atoms in total. The van der Waals surface area contributed by atoms with Gasteiger partial charge in [0.1, 0.15) is 0 Å². The smallest absolute Gasteiger partial charge is 0.0492 e. The maximum atomic E-state index is 2.75. The summed E-state index contributed by atoms with van der Waals surface area (Å²) < 4.78 is 0. The summed E-state index contributed by atoms with van der Waals surface area (Å²) in [5.41, 5.74) is 15.3. The zero-order chi connectivity index (χ0) is 38.8. The second-order valence-electron chi connectivity index (χ2n) is 21.1. The summed E-state index contributed by atoms with van der Waals surface area (Å²) in [6.45, 7) is 28.6. The minimum Gasteiger partial charge on any atom is -0.335 e. The maximum Gasteiger partial charge on any atom is 0.0492 e. The molecule has 0 aromatic heterocycles. The van der Waals surface area contributed by atoms with Gasteiger partial charge < -0.3 is 9.80 Å². The van der Waals surface area contributed by atoms with E-state index >= 15 is 0 Å². The first-order valence-electron chi connectivity index (χ1n) is 21.4. The molecule has 7 rings (SSSR count). The average molecular weight is 723 g/mol. The Bertz CT molecular complexity index is 1950. The first kappa shape index (κ1) is 38.7. The lowest BCUT2D eigenvalue weighted by Gasteiger charge is -2.49. The van der Waals surface area contributed by atoms with E-state index in [4.69, 9.17) is 0 Å². The second kappa shape index (κ2) is 13.9. The topological polar surface area (TPSA) is 6.48 Å². The Balaban J connectivity index is 1.45. The van der Waals surface area contributed by atoms with Crippen LogP contribution in [-0.2, 0) is 21.7 Å². The van der Waals surface area contributed by atoms with Crippen molar-refractivity contribution in [3.8, 4) is 0 Å². The fourth-order valence-corrected chi connectivity index (χ4v) is 10.3. The molecule has 54 heavy (non-hydrogen) atoms. The summed E-state index contributed by atoms with van der Waals surface area (Å²) in [5, 5.41) is 0. The Morgan fingerprint density at radius 2 is 1.17 bits per heavy atom. The van der Waals surface area contributed by atoms with Gasteiger partial charge in [-0.3, -0.25) is 0 Å². The van der Waals surface area contributed by atoms with E-state index in [0.717, 1.165) is 0 Å². The van der Waals surface area contributed by atoms with Crippen LogP contribution >= 0.6 is 0 Å². The van der Waals surface area contributed by atoms with Crippen LogP contribution in [0.3, 0.4) is 0 Å². The highest BCUT2D eigenvalue weighted by molar-refractivity contribution is 5.84. The monoisotopic (exact) mass is 723 g/mol. The van der Waals surface area contributed by atoms with Gasteiger partial charge in [-0.05, 0) is 151 Å². The largest absolute Gasteiger partial charge is 0.335 e. The lowest BCUT2D eigenvalue weighted by atomic mass is 9.60. The summed E-state index contributed by atoms with van der Waals surface area (Å²) in [7, 11) is 0. The molecule has 2 fully saturated rings. The van der Waals surface area contributed by atoms with E-state index in [2.05, 4.69) is 172 Å². The van der Waals surface area contributed by atoms with Crippen LogP contribution < -0.4 is 9.80 Å². The summed E-state index contributed by atoms with van der Waals surface area (Å²) in [4.78, 5) is 5.34. The van der Waals surface area contributed by atoms with Crippen LogP contribution in [0.2, 0.25) is 0 Å². The molecular weight excluding hydrogens is 653 g/mol. The van der Waals surface area contributed by atoms with Gasteiger partial charge in [0, 0.05) is 39.4 Å². The van der Waals surface area contributed by atoms with E-state index in [9.17, 15) is 0 Å². The zero-order valence-corrected chi connectivity index (χ0v) is 36.0. The van der Waals surface area contributed by atoms with Gasteiger partial charge in [-0.25, -0.2) is 0 Å². The Labute approximate surface area is 329 Å². The standard InChI is InChI=1S/C52H70N2/c1-36-28-43(35-45(29-36)54-47-25-24-39(48(2,3)4)34-46(47)52(51(54,11)12)26-17-14-18-27-52)53(42-23-19-22-38(30-42)37-20-15-13-16-21-37)44-32-40(49(5,6)7)31-41(33-44)50(8,9)10/h19,22-25,28-35,37H,13-18,20-21,26-27H2,1-12H3. The first-order chi connectivity index (χ1) is 25.3. The van der Waals surface area contributed by atoms with E-state index in [0.29, 0.717) is 5.92 Å². The van der Waals surface area contributed by atoms with Crippen LogP contribution in [0.25, 0.3) is 0 Å². The molecule has 288 valence electrons. The Morgan fingerprint density at radius 3 is 1.78 bits per heavy atom. The molecule has 3 aliphatic rings. The number of rotatable bonds is 5. The fourth-order valence-electron chi connectivity index (χ4n) is 10.3. The van der Waals surface area contributed by atoms with Gasteiger partial charge in [-0.15, -0.1) is 0 Å². The Morgan fingerprint density at radius 1 is 0.574 bits per heavy atom. The lowest BCUT2D eigenvalue weighted by molar-refractivity contribution is 0.199. The van der Waals surface area contributed by atoms with Crippen LogP contribution in [0, 0.1) is 6.92 Å². The summed E-state index contributed by atoms with van der Waals surface area (Å²) >= 11 is 0.